The standard InChI is InChI=1S/C24H50O.H3N.H2O4S/c1-3-5-7-9-11-13-15-17-19-21-23-25-24-22-20-18-16-14-12-10-8-6-4-2;;1-5(2,3)4/h3-24H2,1-2H3;1H3;(H2,1,2,3,4). The molecule has 0 fully saturated rings. The molecule has 6 nitrogen and oxygen atoms in total. The second-order valence-corrected chi connectivity index (χ2v) is 9.32. The third kappa shape index (κ3) is 48.5. The molecule has 0 saturated carbocycles. The molecule has 0 aliphatic rings. The predicted octanol–water partition coefficient (Wildman–Crippen LogP) is 8.35. The first-order valence-corrected chi connectivity index (χ1v) is 14.1. The summed E-state index contributed by atoms with van der Waals surface area (Å²) in [5.41, 5.74) is 0. The van der Waals surface area contributed by atoms with Crippen LogP contribution in [0, 0.1) is 0 Å². The van der Waals surface area contributed by atoms with E-state index in [1.807, 2.05) is 0 Å². The van der Waals surface area contributed by atoms with Crippen molar-refractivity contribution in [3.63, 3.8) is 0 Å². The minimum Gasteiger partial charge on any atom is -0.381 e. The largest absolute Gasteiger partial charge is 0.394 e. The number of rotatable bonds is 22. The molecule has 0 atom stereocenters. The van der Waals surface area contributed by atoms with Crippen molar-refractivity contribution in [3.05, 3.63) is 0 Å². The normalized spacial score (nSPS) is 11.0. The van der Waals surface area contributed by atoms with Gasteiger partial charge in [-0.2, -0.15) is 8.42 Å². The van der Waals surface area contributed by atoms with Crippen molar-refractivity contribution in [2.24, 2.45) is 0 Å². The molecule has 0 unspecified atom stereocenters. The molecule has 192 valence electrons. The lowest BCUT2D eigenvalue weighted by Crippen LogP contribution is -1.97. The van der Waals surface area contributed by atoms with Gasteiger partial charge in [0.15, 0.2) is 0 Å². The minimum atomic E-state index is -4.67. The van der Waals surface area contributed by atoms with Gasteiger partial charge >= 0.3 is 10.4 Å². The molecule has 7 heteroatoms. The Morgan fingerprint density at radius 2 is 0.677 bits per heavy atom. The Balaban J connectivity index is -0.00000116. The number of hydrogen-bond donors (Lipinski definition) is 3. The van der Waals surface area contributed by atoms with Gasteiger partial charge in [0.05, 0.1) is 0 Å². The molecule has 31 heavy (non-hydrogen) atoms. The Kier molecular flexibility index (Phi) is 34.0. The average Bonchev–Trinajstić information content (AvgIpc) is 2.68. The zero-order chi connectivity index (χ0) is 22.8. The second-order valence-electron chi connectivity index (χ2n) is 8.42. The third-order valence-corrected chi connectivity index (χ3v) is 5.28. The Hall–Kier alpha value is -0.210. The Morgan fingerprint density at radius 1 is 0.484 bits per heavy atom. The molecular weight excluding hydrogens is 414 g/mol. The molecule has 5 N–H and O–H groups in total. The average molecular weight is 470 g/mol. The van der Waals surface area contributed by atoms with Crippen molar-refractivity contribution < 1.29 is 22.3 Å². The molecule has 0 aromatic heterocycles. The lowest BCUT2D eigenvalue weighted by atomic mass is 10.1. The van der Waals surface area contributed by atoms with Crippen LogP contribution in [0.15, 0.2) is 0 Å². The van der Waals surface area contributed by atoms with Crippen molar-refractivity contribution in [2.75, 3.05) is 13.2 Å². The Bertz CT molecular complexity index is 375. The number of ether oxygens (including phenoxy) is 1. The third-order valence-electron chi connectivity index (χ3n) is 5.28. The summed E-state index contributed by atoms with van der Waals surface area (Å²) >= 11 is 0. The quantitative estimate of drug-likeness (QED) is 0.108. The van der Waals surface area contributed by atoms with Gasteiger partial charge in [-0.1, -0.05) is 129 Å². The molecule has 0 radical (unpaired) electrons. The number of hydrogen-bond acceptors (Lipinski definition) is 4. The topological polar surface area (TPSA) is 119 Å². The van der Waals surface area contributed by atoms with Crippen LogP contribution in [-0.2, 0) is 15.1 Å². The highest BCUT2D eigenvalue weighted by Crippen LogP contribution is 2.12. The van der Waals surface area contributed by atoms with E-state index in [0.717, 1.165) is 13.2 Å². The van der Waals surface area contributed by atoms with Gasteiger partial charge < -0.3 is 10.9 Å². The molecule has 0 amide bonds. The summed E-state index contributed by atoms with van der Waals surface area (Å²) in [6.07, 6.45) is 28.2. The van der Waals surface area contributed by atoms with Crippen LogP contribution in [0.5, 0.6) is 0 Å². The maximum atomic E-state index is 8.74. The first kappa shape index (κ1) is 35.4. The first-order chi connectivity index (χ1) is 14.4. The number of unbranched alkanes of at least 4 members (excludes halogenated alkanes) is 18. The van der Waals surface area contributed by atoms with Crippen molar-refractivity contribution in [2.45, 2.75) is 142 Å². The summed E-state index contributed by atoms with van der Waals surface area (Å²) in [5, 5.41) is 0. The minimum absolute atomic E-state index is 0. The van der Waals surface area contributed by atoms with Crippen LogP contribution in [0.1, 0.15) is 142 Å². The van der Waals surface area contributed by atoms with Crippen LogP contribution in [-0.4, -0.2) is 30.7 Å². The van der Waals surface area contributed by atoms with Crippen LogP contribution < -0.4 is 6.15 Å². The fourth-order valence-corrected chi connectivity index (χ4v) is 3.49. The van der Waals surface area contributed by atoms with Gasteiger partial charge in [0.2, 0.25) is 0 Å². The van der Waals surface area contributed by atoms with Crippen molar-refractivity contribution in [1.29, 1.82) is 0 Å². The Morgan fingerprint density at radius 3 is 0.903 bits per heavy atom. The van der Waals surface area contributed by atoms with E-state index in [-0.39, 0.29) is 6.15 Å². The van der Waals surface area contributed by atoms with Crippen LogP contribution in [0.4, 0.5) is 0 Å². The summed E-state index contributed by atoms with van der Waals surface area (Å²) in [4.78, 5) is 0. The van der Waals surface area contributed by atoms with Crippen LogP contribution in [0.3, 0.4) is 0 Å². The van der Waals surface area contributed by atoms with Gasteiger partial charge in [-0.15, -0.1) is 0 Å². The van der Waals surface area contributed by atoms with Crippen molar-refractivity contribution >= 4 is 10.4 Å². The molecular formula is C24H55NO5S. The van der Waals surface area contributed by atoms with E-state index in [1.165, 1.54) is 128 Å². The maximum absolute atomic E-state index is 8.74. The molecule has 0 aromatic carbocycles. The summed E-state index contributed by atoms with van der Waals surface area (Å²) < 4.78 is 37.4. The van der Waals surface area contributed by atoms with E-state index in [1.54, 1.807) is 0 Å². The molecule has 0 aliphatic heterocycles. The lowest BCUT2D eigenvalue weighted by molar-refractivity contribution is 0.125. The summed E-state index contributed by atoms with van der Waals surface area (Å²) in [5.74, 6) is 0. The van der Waals surface area contributed by atoms with E-state index in [4.69, 9.17) is 22.3 Å². The van der Waals surface area contributed by atoms with Crippen molar-refractivity contribution in [1.82, 2.24) is 6.15 Å². The molecule has 0 saturated heterocycles. The zero-order valence-corrected chi connectivity index (χ0v) is 21.6. The zero-order valence-electron chi connectivity index (χ0n) is 20.8. The van der Waals surface area contributed by atoms with E-state index in [0.29, 0.717) is 0 Å². The molecule has 0 rings (SSSR count). The van der Waals surface area contributed by atoms with Gasteiger partial charge in [-0.3, -0.25) is 9.11 Å². The van der Waals surface area contributed by atoms with E-state index < -0.39 is 10.4 Å². The fourth-order valence-electron chi connectivity index (χ4n) is 3.49. The van der Waals surface area contributed by atoms with E-state index in [9.17, 15) is 0 Å². The van der Waals surface area contributed by atoms with Crippen LogP contribution >= 0.6 is 0 Å². The summed E-state index contributed by atoms with van der Waals surface area (Å²) in [6, 6.07) is 0. The van der Waals surface area contributed by atoms with Crippen LogP contribution in [0.25, 0.3) is 0 Å². The van der Waals surface area contributed by atoms with Gasteiger partial charge in [-0.05, 0) is 12.8 Å². The predicted molar refractivity (Wildman–Crippen MR) is 134 cm³/mol. The highest BCUT2D eigenvalue weighted by atomic mass is 32.3. The summed E-state index contributed by atoms with van der Waals surface area (Å²) in [7, 11) is -4.67. The fraction of sp³-hybridized carbons (Fsp3) is 1.00. The SMILES string of the molecule is CCCCCCCCCCCCOCCCCCCCCCCCC.N.O=S(=O)(O)O. The highest BCUT2D eigenvalue weighted by molar-refractivity contribution is 7.79. The molecule has 0 bridgehead atoms. The van der Waals surface area contributed by atoms with E-state index in [2.05, 4.69) is 13.8 Å². The molecule has 0 aromatic rings. The first-order valence-electron chi connectivity index (χ1n) is 12.7. The van der Waals surface area contributed by atoms with Gasteiger partial charge in [0, 0.05) is 13.2 Å². The van der Waals surface area contributed by atoms with Gasteiger partial charge in [0.25, 0.3) is 0 Å². The summed E-state index contributed by atoms with van der Waals surface area (Å²) in [6.45, 7) is 6.57. The monoisotopic (exact) mass is 469 g/mol. The molecule has 0 aliphatic carbocycles. The molecule has 0 heterocycles. The van der Waals surface area contributed by atoms with E-state index >= 15 is 0 Å². The molecule has 0 spiro atoms. The second kappa shape index (κ2) is 29.8. The van der Waals surface area contributed by atoms with Gasteiger partial charge in [-0.25, -0.2) is 0 Å². The smallest absolute Gasteiger partial charge is 0.381 e. The van der Waals surface area contributed by atoms with Crippen LogP contribution in [0.2, 0.25) is 0 Å². The highest BCUT2D eigenvalue weighted by Gasteiger charge is 1.95. The van der Waals surface area contributed by atoms with Crippen molar-refractivity contribution in [3.8, 4) is 0 Å². The maximum Gasteiger partial charge on any atom is 0.394 e. The van der Waals surface area contributed by atoms with Gasteiger partial charge in [0.1, 0.15) is 0 Å². The lowest BCUT2D eigenvalue weighted by Gasteiger charge is -2.05. The Labute approximate surface area is 194 Å².